The van der Waals surface area contributed by atoms with Gasteiger partial charge >= 0.3 is 0 Å². The summed E-state index contributed by atoms with van der Waals surface area (Å²) < 4.78 is 0. The molecule has 1 aliphatic heterocycles. The Kier molecular flexibility index (Phi) is 6.51. The maximum Gasteiger partial charge on any atom is 0.254 e. The molecule has 3 atom stereocenters. The zero-order valence-corrected chi connectivity index (χ0v) is 19.1. The Hall–Kier alpha value is -2.86. The molecule has 2 aliphatic rings. The average Bonchev–Trinajstić information content (AvgIpc) is 3.08. The number of pyridine rings is 1. The molecule has 4 rings (SSSR count). The Morgan fingerprint density at radius 3 is 2.78 bits per heavy atom. The molecule has 1 fully saturated rings. The van der Waals surface area contributed by atoms with Crippen LogP contribution in [0.3, 0.4) is 0 Å². The van der Waals surface area contributed by atoms with E-state index in [-0.39, 0.29) is 17.9 Å². The van der Waals surface area contributed by atoms with Gasteiger partial charge in [-0.2, -0.15) is 0 Å². The van der Waals surface area contributed by atoms with Gasteiger partial charge in [0.15, 0.2) is 0 Å². The second-order valence-electron chi connectivity index (χ2n) is 9.12. The highest BCUT2D eigenvalue weighted by molar-refractivity contribution is 6.00. The standard InChI is InChI=1S/C26H32N4O2/c1-16-10-20-15-30(24-6-4-5-7-25(24)31)26(32)21(20)12-19(16)11-18-8-9-23(29-13-18)22(14-28-3)17(2)27/h8-10,12-14,22,24-25,27,31H,4-7,11,15H2,1-3H3. The number of aliphatic hydroxyl groups is 1. The van der Waals surface area contributed by atoms with Gasteiger partial charge in [0.05, 0.1) is 23.8 Å². The van der Waals surface area contributed by atoms with Crippen LogP contribution in [0.15, 0.2) is 35.5 Å². The summed E-state index contributed by atoms with van der Waals surface area (Å²) in [4.78, 5) is 23.7. The molecule has 1 amide bonds. The average molecular weight is 433 g/mol. The van der Waals surface area contributed by atoms with Crippen LogP contribution in [0.2, 0.25) is 0 Å². The van der Waals surface area contributed by atoms with Gasteiger partial charge < -0.3 is 15.4 Å². The van der Waals surface area contributed by atoms with E-state index in [4.69, 9.17) is 5.41 Å². The number of carbonyl (C=O) groups excluding carboxylic acids is 1. The fourth-order valence-electron chi connectivity index (χ4n) is 4.97. The number of hydrogen-bond donors (Lipinski definition) is 2. The number of nitrogens with one attached hydrogen (secondary N) is 1. The lowest BCUT2D eigenvalue weighted by molar-refractivity contribution is 0.0191. The quantitative estimate of drug-likeness (QED) is 0.675. The maximum absolute atomic E-state index is 13.2. The first-order valence-corrected chi connectivity index (χ1v) is 11.4. The second kappa shape index (κ2) is 9.33. The van der Waals surface area contributed by atoms with Crippen LogP contribution >= 0.6 is 0 Å². The zero-order valence-electron chi connectivity index (χ0n) is 19.1. The Morgan fingerprint density at radius 1 is 1.34 bits per heavy atom. The highest BCUT2D eigenvalue weighted by Gasteiger charge is 2.37. The van der Waals surface area contributed by atoms with Gasteiger partial charge in [-0.3, -0.25) is 14.8 Å². The van der Waals surface area contributed by atoms with Crippen molar-refractivity contribution in [2.24, 2.45) is 4.99 Å². The van der Waals surface area contributed by atoms with Crippen LogP contribution in [0.4, 0.5) is 0 Å². The number of aliphatic hydroxyl groups excluding tert-OH is 1. The molecule has 1 aromatic heterocycles. The Labute approximate surface area is 189 Å². The predicted molar refractivity (Wildman–Crippen MR) is 127 cm³/mol. The largest absolute Gasteiger partial charge is 0.391 e. The molecular formula is C26H32N4O2. The first-order valence-electron chi connectivity index (χ1n) is 11.4. The topological polar surface area (TPSA) is 89.6 Å². The van der Waals surface area contributed by atoms with Gasteiger partial charge in [-0.05, 0) is 67.5 Å². The molecule has 0 radical (unpaired) electrons. The summed E-state index contributed by atoms with van der Waals surface area (Å²) in [6.07, 6.45) is 7.64. The first kappa shape index (κ1) is 22.3. The smallest absolute Gasteiger partial charge is 0.254 e. The molecule has 2 heterocycles. The van der Waals surface area contributed by atoms with E-state index in [9.17, 15) is 9.90 Å². The molecule has 6 nitrogen and oxygen atoms in total. The number of amides is 1. The van der Waals surface area contributed by atoms with Crippen LogP contribution in [0, 0.1) is 12.3 Å². The van der Waals surface area contributed by atoms with Crippen LogP contribution in [0.1, 0.15) is 76.8 Å². The van der Waals surface area contributed by atoms with E-state index < -0.39 is 6.10 Å². The minimum atomic E-state index is -0.418. The summed E-state index contributed by atoms with van der Waals surface area (Å²) in [5.41, 5.74) is 6.50. The highest BCUT2D eigenvalue weighted by atomic mass is 16.3. The van der Waals surface area contributed by atoms with Crippen molar-refractivity contribution in [1.29, 1.82) is 5.41 Å². The lowest BCUT2D eigenvalue weighted by atomic mass is 9.91. The van der Waals surface area contributed by atoms with Gasteiger partial charge in [0.2, 0.25) is 0 Å². The van der Waals surface area contributed by atoms with Gasteiger partial charge in [0, 0.05) is 37.3 Å². The van der Waals surface area contributed by atoms with E-state index in [1.165, 1.54) is 0 Å². The number of aliphatic imine (C=N–C) groups is 1. The normalized spacial score (nSPS) is 21.8. The summed E-state index contributed by atoms with van der Waals surface area (Å²) in [6, 6.07) is 8.10. The third kappa shape index (κ3) is 4.37. The molecule has 32 heavy (non-hydrogen) atoms. The van der Waals surface area contributed by atoms with Crippen LogP contribution in [0.25, 0.3) is 0 Å². The minimum Gasteiger partial charge on any atom is -0.391 e. The van der Waals surface area contributed by atoms with Crippen molar-refractivity contribution in [2.45, 2.75) is 70.6 Å². The summed E-state index contributed by atoms with van der Waals surface area (Å²) in [7, 11) is 1.71. The van der Waals surface area contributed by atoms with Crippen LogP contribution in [-0.2, 0) is 13.0 Å². The number of fused-ring (bicyclic) bond motifs is 1. The summed E-state index contributed by atoms with van der Waals surface area (Å²) in [5.74, 6) is -0.154. The molecule has 0 spiro atoms. The fourth-order valence-corrected chi connectivity index (χ4v) is 4.97. The van der Waals surface area contributed by atoms with E-state index in [0.717, 1.165) is 59.2 Å². The Bertz CT molecular complexity index is 1040. The van der Waals surface area contributed by atoms with E-state index in [1.54, 1.807) is 20.2 Å². The molecule has 6 heteroatoms. The zero-order chi connectivity index (χ0) is 22.8. The van der Waals surface area contributed by atoms with Crippen LogP contribution in [0.5, 0.6) is 0 Å². The van der Waals surface area contributed by atoms with Crippen molar-refractivity contribution >= 4 is 17.8 Å². The van der Waals surface area contributed by atoms with Gasteiger partial charge in [0.1, 0.15) is 0 Å². The van der Waals surface area contributed by atoms with Crippen LogP contribution < -0.4 is 0 Å². The van der Waals surface area contributed by atoms with Crippen molar-refractivity contribution in [3.63, 3.8) is 0 Å². The van der Waals surface area contributed by atoms with Crippen molar-refractivity contribution in [3.8, 4) is 0 Å². The van der Waals surface area contributed by atoms with E-state index >= 15 is 0 Å². The number of aromatic nitrogens is 1. The lowest BCUT2D eigenvalue weighted by Gasteiger charge is -2.35. The van der Waals surface area contributed by atoms with Crippen molar-refractivity contribution in [3.05, 3.63) is 64.0 Å². The highest BCUT2D eigenvalue weighted by Crippen LogP contribution is 2.33. The molecule has 0 saturated heterocycles. The van der Waals surface area contributed by atoms with Gasteiger partial charge in [-0.1, -0.05) is 25.0 Å². The molecule has 0 bridgehead atoms. The van der Waals surface area contributed by atoms with E-state index in [1.807, 2.05) is 29.3 Å². The molecule has 168 valence electrons. The number of aryl methyl sites for hydroxylation is 1. The number of carbonyl (C=O) groups is 1. The summed E-state index contributed by atoms with van der Waals surface area (Å²) >= 11 is 0. The number of nitrogens with zero attached hydrogens (tertiary/aromatic N) is 3. The summed E-state index contributed by atoms with van der Waals surface area (Å²) in [5, 5.41) is 18.4. The Balaban J connectivity index is 1.53. The SMILES string of the molecule is CN=CC(C(C)=N)c1ccc(Cc2cc3c(cc2C)CN(C2CCCCC2O)C3=O)cn1. The van der Waals surface area contributed by atoms with Gasteiger partial charge in [0.25, 0.3) is 5.91 Å². The number of benzene rings is 1. The van der Waals surface area contributed by atoms with Crippen molar-refractivity contribution < 1.29 is 9.90 Å². The Morgan fingerprint density at radius 2 is 2.12 bits per heavy atom. The third-order valence-corrected chi connectivity index (χ3v) is 6.81. The van der Waals surface area contributed by atoms with E-state index in [0.29, 0.717) is 18.7 Å². The van der Waals surface area contributed by atoms with Gasteiger partial charge in [-0.15, -0.1) is 0 Å². The molecule has 2 aromatic rings. The predicted octanol–water partition coefficient (Wildman–Crippen LogP) is 4.06. The van der Waals surface area contributed by atoms with Gasteiger partial charge in [-0.25, -0.2) is 0 Å². The maximum atomic E-state index is 13.2. The van der Waals surface area contributed by atoms with E-state index in [2.05, 4.69) is 23.0 Å². The molecule has 2 N–H and O–H groups in total. The van der Waals surface area contributed by atoms with Crippen molar-refractivity contribution in [2.75, 3.05) is 7.05 Å². The molecule has 1 aromatic carbocycles. The second-order valence-corrected chi connectivity index (χ2v) is 9.12. The molecule has 3 unspecified atom stereocenters. The fraction of sp³-hybridized carbons (Fsp3) is 0.462. The third-order valence-electron chi connectivity index (χ3n) is 6.81. The van der Waals surface area contributed by atoms with Crippen LogP contribution in [-0.4, -0.2) is 52.0 Å². The number of hydrogen-bond acceptors (Lipinski definition) is 5. The minimum absolute atomic E-state index is 0.0452. The summed E-state index contributed by atoms with van der Waals surface area (Å²) in [6.45, 7) is 4.45. The first-order chi connectivity index (χ1) is 15.4. The van der Waals surface area contributed by atoms with Crippen molar-refractivity contribution in [1.82, 2.24) is 9.88 Å². The monoisotopic (exact) mass is 432 g/mol. The molecule has 1 aliphatic carbocycles. The lowest BCUT2D eigenvalue weighted by Crippen LogP contribution is -2.45. The molecule has 1 saturated carbocycles. The number of rotatable bonds is 6. The molecular weight excluding hydrogens is 400 g/mol.